The number of hydrogen-bond donors (Lipinski definition) is 1. The van der Waals surface area contributed by atoms with Gasteiger partial charge in [-0.1, -0.05) is 13.8 Å². The van der Waals surface area contributed by atoms with E-state index in [2.05, 4.69) is 5.32 Å². The summed E-state index contributed by atoms with van der Waals surface area (Å²) < 4.78 is 20.4. The maximum absolute atomic E-state index is 12.2. The first-order valence-electron chi connectivity index (χ1n) is 9.30. The van der Waals surface area contributed by atoms with E-state index in [1.54, 1.807) is 36.4 Å². The fourth-order valence-electron chi connectivity index (χ4n) is 2.39. The Balaban J connectivity index is 1.89. The van der Waals surface area contributed by atoms with Gasteiger partial charge in [-0.05, 0) is 42.3 Å². The molecule has 0 heterocycles. The van der Waals surface area contributed by atoms with Gasteiger partial charge in [-0.3, -0.25) is 4.79 Å². The number of benzene rings is 2. The van der Waals surface area contributed by atoms with Gasteiger partial charge in [0.2, 0.25) is 0 Å². The number of rotatable bonds is 9. The molecule has 0 aliphatic rings. The number of nitrogens with one attached hydrogen (secondary N) is 1. The molecule has 1 amide bonds. The zero-order valence-electron chi connectivity index (χ0n) is 17.4. The van der Waals surface area contributed by atoms with Crippen LogP contribution in [0.25, 0.3) is 0 Å². The molecule has 0 aliphatic heterocycles. The Morgan fingerprint density at radius 2 is 1.60 bits per heavy atom. The first kappa shape index (κ1) is 22.7. The molecule has 0 bridgehead atoms. The predicted octanol–water partition coefficient (Wildman–Crippen LogP) is 3.31. The second-order valence-electron chi connectivity index (χ2n) is 6.76. The smallest absolute Gasteiger partial charge is 0.342 e. The summed E-state index contributed by atoms with van der Waals surface area (Å²) in [5, 5.41) is 2.59. The van der Waals surface area contributed by atoms with Crippen molar-refractivity contribution in [3.8, 4) is 11.5 Å². The van der Waals surface area contributed by atoms with E-state index < -0.39 is 24.5 Å². The van der Waals surface area contributed by atoms with Crippen LogP contribution in [0.1, 0.15) is 34.6 Å². The average molecular weight is 415 g/mol. The van der Waals surface area contributed by atoms with E-state index in [-0.39, 0.29) is 17.2 Å². The second-order valence-corrected chi connectivity index (χ2v) is 6.76. The normalized spacial score (nSPS) is 10.3. The van der Waals surface area contributed by atoms with Crippen LogP contribution in [0, 0.1) is 5.92 Å². The molecule has 8 nitrogen and oxygen atoms in total. The lowest BCUT2D eigenvalue weighted by molar-refractivity contribution is -0.119. The molecule has 0 unspecified atom stereocenters. The lowest BCUT2D eigenvalue weighted by Crippen LogP contribution is -2.21. The Hall–Kier alpha value is -3.55. The average Bonchev–Trinajstić information content (AvgIpc) is 2.75. The molecule has 8 heteroatoms. The topological polar surface area (TPSA) is 100 Å². The number of esters is 2. The summed E-state index contributed by atoms with van der Waals surface area (Å²) in [6, 6.07) is 10.9. The van der Waals surface area contributed by atoms with E-state index in [0.29, 0.717) is 23.6 Å². The third-order valence-electron chi connectivity index (χ3n) is 3.92. The van der Waals surface area contributed by atoms with Crippen LogP contribution in [0.3, 0.4) is 0 Å². The first-order valence-corrected chi connectivity index (χ1v) is 9.30. The standard InChI is InChI=1S/C22H25NO7/c1-14(2)12-29-21(25)15-5-7-16(8-6-15)23-20(24)13-30-22(26)18-10-9-17(27-3)11-19(18)28-4/h5-11,14H,12-13H2,1-4H3,(H,23,24). The summed E-state index contributed by atoms with van der Waals surface area (Å²) in [5.41, 5.74) is 1.01. The molecule has 0 aliphatic carbocycles. The minimum atomic E-state index is -0.701. The number of carbonyl (C=O) groups is 3. The van der Waals surface area contributed by atoms with Crippen molar-refractivity contribution in [2.24, 2.45) is 5.92 Å². The number of ether oxygens (including phenoxy) is 4. The lowest BCUT2D eigenvalue weighted by atomic mass is 10.2. The molecule has 2 rings (SSSR count). The summed E-state index contributed by atoms with van der Waals surface area (Å²) in [6.45, 7) is 3.75. The summed E-state index contributed by atoms with van der Waals surface area (Å²) >= 11 is 0. The molecule has 0 saturated heterocycles. The van der Waals surface area contributed by atoms with Gasteiger partial charge >= 0.3 is 11.9 Å². The number of methoxy groups -OCH3 is 2. The SMILES string of the molecule is COc1ccc(C(=O)OCC(=O)Nc2ccc(C(=O)OCC(C)C)cc2)c(OC)c1. The summed E-state index contributed by atoms with van der Waals surface area (Å²) in [4.78, 5) is 36.2. The van der Waals surface area contributed by atoms with Gasteiger partial charge in [0.15, 0.2) is 6.61 Å². The number of amides is 1. The molecule has 0 radical (unpaired) electrons. The van der Waals surface area contributed by atoms with Crippen molar-refractivity contribution in [1.82, 2.24) is 0 Å². The first-order chi connectivity index (χ1) is 14.3. The minimum absolute atomic E-state index is 0.176. The van der Waals surface area contributed by atoms with Gasteiger partial charge in [0.25, 0.3) is 5.91 Å². The molecule has 30 heavy (non-hydrogen) atoms. The third kappa shape index (κ3) is 6.51. The minimum Gasteiger partial charge on any atom is -0.497 e. The van der Waals surface area contributed by atoms with Gasteiger partial charge in [-0.15, -0.1) is 0 Å². The molecular weight excluding hydrogens is 390 g/mol. The van der Waals surface area contributed by atoms with Gasteiger partial charge in [-0.2, -0.15) is 0 Å². The Morgan fingerprint density at radius 3 is 2.20 bits per heavy atom. The monoisotopic (exact) mass is 415 g/mol. The maximum Gasteiger partial charge on any atom is 0.342 e. The van der Waals surface area contributed by atoms with Gasteiger partial charge in [0.1, 0.15) is 17.1 Å². The van der Waals surface area contributed by atoms with Crippen LogP contribution in [0.5, 0.6) is 11.5 Å². The predicted molar refractivity (Wildman–Crippen MR) is 110 cm³/mol. The van der Waals surface area contributed by atoms with E-state index in [4.69, 9.17) is 18.9 Å². The Labute approximate surface area is 175 Å². The Morgan fingerprint density at radius 1 is 0.900 bits per heavy atom. The van der Waals surface area contributed by atoms with Crippen molar-refractivity contribution in [2.45, 2.75) is 13.8 Å². The molecule has 0 spiro atoms. The Kier molecular flexibility index (Phi) is 8.22. The molecule has 0 aromatic heterocycles. The van der Waals surface area contributed by atoms with Crippen LogP contribution in [-0.4, -0.2) is 45.3 Å². The number of hydrogen-bond acceptors (Lipinski definition) is 7. The van der Waals surface area contributed by atoms with Gasteiger partial charge in [0, 0.05) is 11.8 Å². The zero-order valence-corrected chi connectivity index (χ0v) is 17.4. The largest absolute Gasteiger partial charge is 0.497 e. The van der Waals surface area contributed by atoms with Crippen LogP contribution in [0.4, 0.5) is 5.69 Å². The third-order valence-corrected chi connectivity index (χ3v) is 3.92. The van der Waals surface area contributed by atoms with E-state index >= 15 is 0 Å². The maximum atomic E-state index is 12.2. The highest BCUT2D eigenvalue weighted by Crippen LogP contribution is 2.25. The van der Waals surface area contributed by atoms with Crippen molar-refractivity contribution in [2.75, 3.05) is 32.8 Å². The number of anilines is 1. The van der Waals surface area contributed by atoms with Crippen LogP contribution in [0.2, 0.25) is 0 Å². The van der Waals surface area contributed by atoms with Crippen LogP contribution < -0.4 is 14.8 Å². The Bertz CT molecular complexity index is 891. The second kappa shape index (κ2) is 10.8. The van der Waals surface area contributed by atoms with Crippen molar-refractivity contribution in [3.05, 3.63) is 53.6 Å². The fraction of sp³-hybridized carbons (Fsp3) is 0.318. The van der Waals surface area contributed by atoms with Gasteiger partial charge in [0.05, 0.1) is 26.4 Å². The molecule has 2 aromatic carbocycles. The molecule has 1 N–H and O–H groups in total. The fourth-order valence-corrected chi connectivity index (χ4v) is 2.39. The van der Waals surface area contributed by atoms with E-state index in [0.717, 1.165) is 0 Å². The zero-order chi connectivity index (χ0) is 22.1. The van der Waals surface area contributed by atoms with Crippen molar-refractivity contribution < 1.29 is 33.3 Å². The summed E-state index contributed by atoms with van der Waals surface area (Å²) in [5.74, 6) is -0.603. The quantitative estimate of drug-likeness (QED) is 0.627. The van der Waals surface area contributed by atoms with Gasteiger partial charge < -0.3 is 24.3 Å². The molecular formula is C22H25NO7. The van der Waals surface area contributed by atoms with Crippen molar-refractivity contribution in [3.63, 3.8) is 0 Å². The molecule has 0 saturated carbocycles. The highest BCUT2D eigenvalue weighted by molar-refractivity contribution is 5.97. The number of carbonyl (C=O) groups excluding carboxylic acids is 3. The highest BCUT2D eigenvalue weighted by Gasteiger charge is 2.16. The molecule has 0 atom stereocenters. The van der Waals surface area contributed by atoms with Crippen LogP contribution >= 0.6 is 0 Å². The van der Waals surface area contributed by atoms with E-state index in [1.165, 1.54) is 20.3 Å². The van der Waals surface area contributed by atoms with Gasteiger partial charge in [-0.25, -0.2) is 9.59 Å². The lowest BCUT2D eigenvalue weighted by Gasteiger charge is -2.11. The van der Waals surface area contributed by atoms with E-state index in [9.17, 15) is 14.4 Å². The van der Waals surface area contributed by atoms with E-state index in [1.807, 2.05) is 13.8 Å². The van der Waals surface area contributed by atoms with Crippen LogP contribution in [0.15, 0.2) is 42.5 Å². The van der Waals surface area contributed by atoms with Crippen LogP contribution in [-0.2, 0) is 14.3 Å². The summed E-state index contributed by atoms with van der Waals surface area (Å²) in [7, 11) is 2.92. The molecule has 160 valence electrons. The summed E-state index contributed by atoms with van der Waals surface area (Å²) in [6.07, 6.45) is 0. The highest BCUT2D eigenvalue weighted by atomic mass is 16.5. The molecule has 0 fully saturated rings. The van der Waals surface area contributed by atoms with Crippen molar-refractivity contribution >= 4 is 23.5 Å². The molecule has 2 aromatic rings. The van der Waals surface area contributed by atoms with Crippen molar-refractivity contribution in [1.29, 1.82) is 0 Å².